The van der Waals surface area contributed by atoms with Gasteiger partial charge in [-0.3, -0.25) is 4.79 Å². The number of carbonyl (C=O) groups excluding carboxylic acids is 1. The van der Waals surface area contributed by atoms with Crippen molar-refractivity contribution in [3.8, 4) is 17.2 Å². The highest BCUT2D eigenvalue weighted by atomic mass is 35.5. The van der Waals surface area contributed by atoms with Gasteiger partial charge in [0.1, 0.15) is 11.5 Å². The lowest BCUT2D eigenvalue weighted by molar-refractivity contribution is -0.116. The number of amides is 1. The molecule has 1 N–H and O–H groups in total. The Morgan fingerprint density at radius 2 is 2.00 bits per heavy atom. The molecule has 1 unspecified atom stereocenters. The minimum Gasteiger partial charge on any atom is -0.494 e. The summed E-state index contributed by atoms with van der Waals surface area (Å²) in [5, 5.41) is 3.43. The SMILES string of the molecule is CCOc1ccc(Oc2ccc(Cl)cc2NC(=O)CCC2CCCO2)cc1. The number of carbonyl (C=O) groups is 1. The van der Waals surface area contributed by atoms with Crippen LogP contribution in [0.25, 0.3) is 0 Å². The van der Waals surface area contributed by atoms with Gasteiger partial charge in [0.15, 0.2) is 5.75 Å². The van der Waals surface area contributed by atoms with Gasteiger partial charge in [0, 0.05) is 18.1 Å². The lowest BCUT2D eigenvalue weighted by Gasteiger charge is -2.14. The van der Waals surface area contributed by atoms with Gasteiger partial charge in [-0.25, -0.2) is 0 Å². The molecule has 6 heteroatoms. The van der Waals surface area contributed by atoms with Crippen molar-refractivity contribution >= 4 is 23.2 Å². The predicted octanol–water partition coefficient (Wildman–Crippen LogP) is 5.43. The highest BCUT2D eigenvalue weighted by Gasteiger charge is 2.17. The Bertz CT molecular complexity index is 757. The third kappa shape index (κ3) is 5.88. The van der Waals surface area contributed by atoms with Crippen molar-refractivity contribution in [3.05, 3.63) is 47.5 Å². The van der Waals surface area contributed by atoms with Gasteiger partial charge in [-0.1, -0.05) is 11.6 Å². The minimum atomic E-state index is -0.0793. The highest BCUT2D eigenvalue weighted by molar-refractivity contribution is 6.31. The molecule has 0 spiro atoms. The monoisotopic (exact) mass is 389 g/mol. The van der Waals surface area contributed by atoms with E-state index >= 15 is 0 Å². The van der Waals surface area contributed by atoms with Crippen molar-refractivity contribution in [2.24, 2.45) is 0 Å². The molecule has 0 saturated carbocycles. The molecule has 27 heavy (non-hydrogen) atoms. The quantitative estimate of drug-likeness (QED) is 0.654. The zero-order valence-electron chi connectivity index (χ0n) is 15.4. The molecule has 1 fully saturated rings. The van der Waals surface area contributed by atoms with Gasteiger partial charge < -0.3 is 19.5 Å². The van der Waals surface area contributed by atoms with Crippen LogP contribution in [-0.2, 0) is 9.53 Å². The Morgan fingerprint density at radius 1 is 1.22 bits per heavy atom. The molecule has 0 aromatic heterocycles. The molecule has 0 bridgehead atoms. The molecule has 3 rings (SSSR count). The van der Waals surface area contributed by atoms with E-state index in [1.807, 2.05) is 31.2 Å². The number of halogens is 1. The van der Waals surface area contributed by atoms with Crippen LogP contribution in [0, 0.1) is 0 Å². The first-order chi connectivity index (χ1) is 13.1. The van der Waals surface area contributed by atoms with E-state index in [2.05, 4.69) is 5.32 Å². The lowest BCUT2D eigenvalue weighted by atomic mass is 10.1. The second-order valence-corrected chi connectivity index (χ2v) is 6.81. The van der Waals surface area contributed by atoms with Crippen LogP contribution in [-0.4, -0.2) is 25.2 Å². The number of benzene rings is 2. The summed E-state index contributed by atoms with van der Waals surface area (Å²) in [6, 6.07) is 12.5. The summed E-state index contributed by atoms with van der Waals surface area (Å²) in [4.78, 5) is 12.3. The maximum absolute atomic E-state index is 12.3. The van der Waals surface area contributed by atoms with Gasteiger partial charge in [-0.2, -0.15) is 0 Å². The number of rotatable bonds is 8. The Balaban J connectivity index is 1.64. The van der Waals surface area contributed by atoms with E-state index in [0.29, 0.717) is 35.2 Å². The molecule has 1 heterocycles. The first kappa shape index (κ1) is 19.5. The molecular weight excluding hydrogens is 366 g/mol. The van der Waals surface area contributed by atoms with Gasteiger partial charge in [0.05, 0.1) is 18.4 Å². The zero-order chi connectivity index (χ0) is 19.1. The van der Waals surface area contributed by atoms with Crippen molar-refractivity contribution in [2.45, 2.75) is 38.7 Å². The Hall–Kier alpha value is -2.24. The predicted molar refractivity (Wildman–Crippen MR) is 106 cm³/mol. The van der Waals surface area contributed by atoms with Crippen molar-refractivity contribution in [3.63, 3.8) is 0 Å². The van der Waals surface area contributed by atoms with E-state index in [1.54, 1.807) is 18.2 Å². The molecule has 1 atom stereocenters. The van der Waals surface area contributed by atoms with Crippen LogP contribution in [0.15, 0.2) is 42.5 Å². The molecule has 2 aromatic rings. The topological polar surface area (TPSA) is 56.8 Å². The van der Waals surface area contributed by atoms with Crippen molar-refractivity contribution in [1.82, 2.24) is 0 Å². The van der Waals surface area contributed by atoms with Gasteiger partial charge in [-0.05, 0) is 68.7 Å². The summed E-state index contributed by atoms with van der Waals surface area (Å²) in [5.41, 5.74) is 0.550. The summed E-state index contributed by atoms with van der Waals surface area (Å²) < 4.78 is 16.9. The largest absolute Gasteiger partial charge is 0.494 e. The first-order valence-electron chi connectivity index (χ1n) is 9.26. The van der Waals surface area contributed by atoms with Crippen LogP contribution >= 0.6 is 11.6 Å². The van der Waals surface area contributed by atoms with E-state index < -0.39 is 0 Å². The summed E-state index contributed by atoms with van der Waals surface area (Å²) >= 11 is 6.10. The maximum Gasteiger partial charge on any atom is 0.224 e. The van der Waals surface area contributed by atoms with E-state index in [-0.39, 0.29) is 12.0 Å². The van der Waals surface area contributed by atoms with Crippen molar-refractivity contribution in [1.29, 1.82) is 0 Å². The van der Waals surface area contributed by atoms with Crippen LogP contribution < -0.4 is 14.8 Å². The fraction of sp³-hybridized carbons (Fsp3) is 0.381. The molecule has 0 aliphatic carbocycles. The van der Waals surface area contributed by atoms with E-state index in [9.17, 15) is 4.79 Å². The minimum absolute atomic E-state index is 0.0793. The number of hydrogen-bond donors (Lipinski definition) is 1. The lowest BCUT2D eigenvalue weighted by Crippen LogP contribution is -2.15. The Kier molecular flexibility index (Phi) is 6.96. The van der Waals surface area contributed by atoms with Crippen LogP contribution in [0.2, 0.25) is 5.02 Å². The van der Waals surface area contributed by atoms with Gasteiger partial charge >= 0.3 is 0 Å². The van der Waals surface area contributed by atoms with E-state index in [4.69, 9.17) is 25.8 Å². The van der Waals surface area contributed by atoms with Gasteiger partial charge in [0.25, 0.3) is 0 Å². The number of anilines is 1. The standard InChI is InChI=1S/C21H24ClNO4/c1-2-25-17-6-8-18(9-7-17)27-20-11-5-15(22)14-19(20)23-21(24)12-10-16-4-3-13-26-16/h5-9,11,14,16H,2-4,10,12-13H2,1H3,(H,23,24). The summed E-state index contributed by atoms with van der Waals surface area (Å²) in [5.74, 6) is 1.89. The Labute approximate surface area is 164 Å². The number of hydrogen-bond acceptors (Lipinski definition) is 4. The van der Waals surface area contributed by atoms with Gasteiger partial charge in [0.2, 0.25) is 5.91 Å². The van der Waals surface area contributed by atoms with Gasteiger partial charge in [-0.15, -0.1) is 0 Å². The summed E-state index contributed by atoms with van der Waals surface area (Å²) in [6.45, 7) is 3.34. The third-order valence-electron chi connectivity index (χ3n) is 4.30. The molecule has 1 saturated heterocycles. The normalized spacial score (nSPS) is 16.1. The van der Waals surface area contributed by atoms with E-state index in [1.165, 1.54) is 0 Å². The van der Waals surface area contributed by atoms with Crippen LogP contribution in [0.1, 0.15) is 32.6 Å². The third-order valence-corrected chi connectivity index (χ3v) is 4.53. The fourth-order valence-corrected chi connectivity index (χ4v) is 3.14. The van der Waals surface area contributed by atoms with Crippen molar-refractivity contribution in [2.75, 3.05) is 18.5 Å². The Morgan fingerprint density at radius 3 is 2.70 bits per heavy atom. The number of nitrogens with one attached hydrogen (secondary N) is 1. The molecule has 1 aliphatic rings. The first-order valence-corrected chi connectivity index (χ1v) is 9.63. The summed E-state index contributed by atoms with van der Waals surface area (Å²) in [7, 11) is 0. The molecule has 2 aromatic carbocycles. The average Bonchev–Trinajstić information content (AvgIpc) is 3.18. The highest BCUT2D eigenvalue weighted by Crippen LogP contribution is 2.33. The molecule has 1 amide bonds. The van der Waals surface area contributed by atoms with Crippen molar-refractivity contribution < 1.29 is 19.0 Å². The second kappa shape index (κ2) is 9.62. The fourth-order valence-electron chi connectivity index (χ4n) is 2.96. The zero-order valence-corrected chi connectivity index (χ0v) is 16.1. The molecular formula is C21H24ClNO4. The molecule has 144 valence electrons. The van der Waals surface area contributed by atoms with Crippen LogP contribution in [0.5, 0.6) is 17.2 Å². The molecule has 5 nitrogen and oxygen atoms in total. The molecule has 0 radical (unpaired) electrons. The van der Waals surface area contributed by atoms with Crippen LogP contribution in [0.4, 0.5) is 5.69 Å². The van der Waals surface area contributed by atoms with E-state index in [0.717, 1.165) is 31.6 Å². The smallest absolute Gasteiger partial charge is 0.224 e. The number of ether oxygens (including phenoxy) is 3. The second-order valence-electron chi connectivity index (χ2n) is 6.37. The molecule has 1 aliphatic heterocycles. The maximum atomic E-state index is 12.3. The summed E-state index contributed by atoms with van der Waals surface area (Å²) in [6.07, 6.45) is 3.41. The average molecular weight is 390 g/mol. The van der Waals surface area contributed by atoms with Crippen LogP contribution in [0.3, 0.4) is 0 Å².